The van der Waals surface area contributed by atoms with Crippen molar-refractivity contribution in [3.05, 3.63) is 109 Å². The van der Waals surface area contributed by atoms with Crippen LogP contribution < -0.4 is 0 Å². The van der Waals surface area contributed by atoms with Gasteiger partial charge in [-0.05, 0) is 56.3 Å². The van der Waals surface area contributed by atoms with Crippen LogP contribution in [0.15, 0.2) is 109 Å². The van der Waals surface area contributed by atoms with Gasteiger partial charge in [-0.1, -0.05) is 91.0 Å². The average Bonchev–Trinajstić information content (AvgIpc) is 2.78. The fourth-order valence-corrected chi connectivity index (χ4v) is 3.94. The predicted molar refractivity (Wildman–Crippen MR) is 124 cm³/mol. The Hall–Kier alpha value is -4.04. The number of hydrogen-bond acceptors (Lipinski definition) is 2. The summed E-state index contributed by atoms with van der Waals surface area (Å²) in [4.78, 5) is 0. The second-order valence-corrected chi connectivity index (χ2v) is 7.42. The van der Waals surface area contributed by atoms with Crippen molar-refractivity contribution in [3.63, 3.8) is 0 Å². The van der Waals surface area contributed by atoms with Crippen LogP contribution in [0.4, 0.5) is 0 Å². The maximum absolute atomic E-state index is 9.71. The highest BCUT2D eigenvalue weighted by Gasteiger charge is 2.06. The van der Waals surface area contributed by atoms with Crippen molar-refractivity contribution in [2.45, 2.75) is 0 Å². The SMILES string of the molecule is Oc1cc(O)cc(-c2ccc(-c3ccc(-c4cccc5ccccc45)cc3)cc2)c1. The van der Waals surface area contributed by atoms with Gasteiger partial charge in [0.15, 0.2) is 0 Å². The van der Waals surface area contributed by atoms with Gasteiger partial charge >= 0.3 is 0 Å². The molecule has 0 heterocycles. The summed E-state index contributed by atoms with van der Waals surface area (Å²) in [5, 5.41) is 21.9. The smallest absolute Gasteiger partial charge is 0.119 e. The summed E-state index contributed by atoms with van der Waals surface area (Å²) in [6.07, 6.45) is 0. The van der Waals surface area contributed by atoms with Crippen LogP contribution in [0.5, 0.6) is 11.5 Å². The van der Waals surface area contributed by atoms with E-state index in [2.05, 4.69) is 78.9 Å². The van der Waals surface area contributed by atoms with E-state index in [1.165, 1.54) is 28.0 Å². The summed E-state index contributed by atoms with van der Waals surface area (Å²) in [7, 11) is 0. The molecular weight excluding hydrogens is 368 g/mol. The first kappa shape index (κ1) is 18.0. The van der Waals surface area contributed by atoms with Crippen LogP contribution in [0, 0.1) is 0 Å². The van der Waals surface area contributed by atoms with Gasteiger partial charge in [0.1, 0.15) is 11.5 Å². The lowest BCUT2D eigenvalue weighted by molar-refractivity contribution is 0.451. The van der Waals surface area contributed by atoms with Gasteiger partial charge in [0, 0.05) is 6.07 Å². The standard InChI is InChI=1S/C28H20O2/c29-25-16-24(17-26(30)18-25)21-10-8-19(9-11-21)20-12-14-23(15-13-20)28-7-3-5-22-4-1-2-6-27(22)28/h1-18,29-30H. The minimum absolute atomic E-state index is 0.0538. The van der Waals surface area contributed by atoms with Gasteiger partial charge in [0.05, 0.1) is 0 Å². The highest BCUT2D eigenvalue weighted by Crippen LogP contribution is 2.32. The number of phenols is 2. The Morgan fingerprint density at radius 2 is 0.900 bits per heavy atom. The van der Waals surface area contributed by atoms with E-state index in [0.717, 1.165) is 22.3 Å². The molecule has 0 amide bonds. The second-order valence-electron chi connectivity index (χ2n) is 7.42. The molecule has 0 saturated carbocycles. The quantitative estimate of drug-likeness (QED) is 0.342. The topological polar surface area (TPSA) is 40.5 Å². The first-order valence-corrected chi connectivity index (χ1v) is 9.89. The number of benzene rings is 5. The van der Waals surface area contributed by atoms with Crippen molar-refractivity contribution in [1.29, 1.82) is 0 Å². The highest BCUT2D eigenvalue weighted by atomic mass is 16.3. The predicted octanol–water partition coefficient (Wildman–Crippen LogP) is 7.25. The van der Waals surface area contributed by atoms with Crippen molar-refractivity contribution in [2.75, 3.05) is 0 Å². The van der Waals surface area contributed by atoms with Crippen molar-refractivity contribution < 1.29 is 10.2 Å². The summed E-state index contributed by atoms with van der Waals surface area (Å²) in [5.41, 5.74) is 6.42. The molecule has 0 unspecified atom stereocenters. The Kier molecular flexibility index (Phi) is 4.45. The Morgan fingerprint density at radius 3 is 1.53 bits per heavy atom. The van der Waals surface area contributed by atoms with E-state index >= 15 is 0 Å². The van der Waals surface area contributed by atoms with Gasteiger partial charge < -0.3 is 10.2 Å². The monoisotopic (exact) mass is 388 g/mol. The van der Waals surface area contributed by atoms with Crippen LogP contribution in [-0.4, -0.2) is 10.2 Å². The van der Waals surface area contributed by atoms with Crippen LogP contribution in [0.2, 0.25) is 0 Å². The molecule has 0 aromatic heterocycles. The van der Waals surface area contributed by atoms with Crippen molar-refractivity contribution in [3.8, 4) is 44.9 Å². The third-order valence-electron chi connectivity index (χ3n) is 5.44. The average molecular weight is 388 g/mol. The highest BCUT2D eigenvalue weighted by molar-refractivity contribution is 5.96. The molecule has 2 N–H and O–H groups in total. The molecule has 0 bridgehead atoms. The molecule has 5 rings (SSSR count). The molecule has 0 radical (unpaired) electrons. The summed E-state index contributed by atoms with van der Waals surface area (Å²) in [6, 6.07) is 36.2. The fraction of sp³-hybridized carbons (Fsp3) is 0. The van der Waals surface area contributed by atoms with Gasteiger partial charge in [-0.25, -0.2) is 0 Å². The molecule has 0 aliphatic carbocycles. The second kappa shape index (κ2) is 7.41. The summed E-state index contributed by atoms with van der Waals surface area (Å²) < 4.78 is 0. The lowest BCUT2D eigenvalue weighted by Crippen LogP contribution is -1.83. The van der Waals surface area contributed by atoms with Gasteiger partial charge in [-0.15, -0.1) is 0 Å². The molecule has 2 nitrogen and oxygen atoms in total. The van der Waals surface area contributed by atoms with Crippen molar-refractivity contribution >= 4 is 10.8 Å². The Balaban J connectivity index is 1.45. The van der Waals surface area contributed by atoms with Crippen LogP contribution in [0.1, 0.15) is 0 Å². The minimum Gasteiger partial charge on any atom is -0.508 e. The first-order valence-electron chi connectivity index (χ1n) is 9.89. The first-order chi connectivity index (χ1) is 14.7. The molecule has 0 fully saturated rings. The number of hydrogen-bond donors (Lipinski definition) is 2. The van der Waals surface area contributed by atoms with E-state index in [9.17, 15) is 10.2 Å². The molecule has 0 aliphatic heterocycles. The summed E-state index contributed by atoms with van der Waals surface area (Å²) in [6.45, 7) is 0. The van der Waals surface area contributed by atoms with Gasteiger partial charge in [0.2, 0.25) is 0 Å². The lowest BCUT2D eigenvalue weighted by Gasteiger charge is -2.09. The molecular formula is C28H20O2. The molecule has 0 spiro atoms. The zero-order chi connectivity index (χ0) is 20.5. The normalized spacial score (nSPS) is 10.9. The third kappa shape index (κ3) is 3.40. The van der Waals surface area contributed by atoms with Gasteiger partial charge in [-0.2, -0.15) is 0 Å². The Morgan fingerprint density at radius 1 is 0.400 bits per heavy atom. The van der Waals surface area contributed by atoms with Crippen molar-refractivity contribution in [2.24, 2.45) is 0 Å². The molecule has 144 valence electrons. The van der Waals surface area contributed by atoms with E-state index in [1.807, 2.05) is 12.1 Å². The molecule has 30 heavy (non-hydrogen) atoms. The Labute approximate surface area is 175 Å². The zero-order valence-electron chi connectivity index (χ0n) is 16.3. The number of aromatic hydroxyl groups is 2. The van der Waals surface area contributed by atoms with Crippen LogP contribution in [-0.2, 0) is 0 Å². The zero-order valence-corrected chi connectivity index (χ0v) is 16.3. The summed E-state index contributed by atoms with van der Waals surface area (Å²) >= 11 is 0. The third-order valence-corrected chi connectivity index (χ3v) is 5.44. The summed E-state index contributed by atoms with van der Waals surface area (Å²) in [5.74, 6) is 0.108. The Bertz CT molecular complexity index is 1310. The largest absolute Gasteiger partial charge is 0.508 e. The van der Waals surface area contributed by atoms with E-state index in [0.29, 0.717) is 0 Å². The molecule has 5 aromatic rings. The number of phenolic OH excluding ortho intramolecular Hbond substituents is 2. The molecule has 2 heteroatoms. The van der Waals surface area contributed by atoms with Crippen LogP contribution in [0.25, 0.3) is 44.2 Å². The van der Waals surface area contributed by atoms with Gasteiger partial charge in [0.25, 0.3) is 0 Å². The maximum atomic E-state index is 9.71. The van der Waals surface area contributed by atoms with E-state index in [1.54, 1.807) is 12.1 Å². The lowest BCUT2D eigenvalue weighted by atomic mass is 9.95. The van der Waals surface area contributed by atoms with Crippen LogP contribution >= 0.6 is 0 Å². The van der Waals surface area contributed by atoms with Crippen LogP contribution in [0.3, 0.4) is 0 Å². The minimum atomic E-state index is 0.0538. The number of rotatable bonds is 3. The van der Waals surface area contributed by atoms with Gasteiger partial charge in [-0.3, -0.25) is 0 Å². The van der Waals surface area contributed by atoms with E-state index in [4.69, 9.17) is 0 Å². The molecule has 5 aromatic carbocycles. The van der Waals surface area contributed by atoms with Crippen molar-refractivity contribution in [1.82, 2.24) is 0 Å². The number of fused-ring (bicyclic) bond motifs is 1. The van der Waals surface area contributed by atoms with E-state index < -0.39 is 0 Å². The molecule has 0 atom stereocenters. The molecule has 0 saturated heterocycles. The maximum Gasteiger partial charge on any atom is 0.119 e. The fourth-order valence-electron chi connectivity index (χ4n) is 3.94. The molecule has 0 aliphatic rings. The van der Waals surface area contributed by atoms with E-state index in [-0.39, 0.29) is 11.5 Å².